The Kier molecular flexibility index (Phi) is 7.82. The highest BCUT2D eigenvalue weighted by Crippen LogP contribution is 2.25. The molecular formula is C31H32N4O3. The minimum atomic E-state index is -0.382. The number of carbonyl (C=O) groups is 1. The smallest absolute Gasteiger partial charge is 0.295 e. The maximum atomic E-state index is 13.6. The summed E-state index contributed by atoms with van der Waals surface area (Å²) in [5.74, 6) is 0.371. The zero-order valence-electron chi connectivity index (χ0n) is 22.5. The van der Waals surface area contributed by atoms with E-state index in [0.717, 1.165) is 41.2 Å². The highest BCUT2D eigenvalue weighted by atomic mass is 16.5. The van der Waals surface area contributed by atoms with Crippen molar-refractivity contribution in [1.82, 2.24) is 13.9 Å². The van der Waals surface area contributed by atoms with Crippen LogP contribution in [0.15, 0.2) is 71.0 Å². The SMILES string of the molecule is CCCCOc1ccc(/C=C(/C#N)C(=O)c2cc(C)n(-c3c(C)n(C)n(-c4ccccc4)c3=O)c2C)cc1. The minimum Gasteiger partial charge on any atom is -0.494 e. The third kappa shape index (κ3) is 4.98. The molecule has 0 bridgehead atoms. The van der Waals surface area contributed by atoms with E-state index in [4.69, 9.17) is 4.74 Å². The molecule has 38 heavy (non-hydrogen) atoms. The number of Topliss-reactive ketones (excluding diaryl/α,β-unsaturated/α-hetero) is 1. The highest BCUT2D eigenvalue weighted by molar-refractivity contribution is 6.14. The number of carbonyl (C=O) groups excluding carboxylic acids is 1. The van der Waals surface area contributed by atoms with Gasteiger partial charge < -0.3 is 9.30 Å². The average Bonchev–Trinajstić information content (AvgIpc) is 3.33. The Morgan fingerprint density at radius 1 is 1.03 bits per heavy atom. The maximum Gasteiger partial charge on any atom is 0.295 e. The first-order valence-electron chi connectivity index (χ1n) is 12.7. The van der Waals surface area contributed by atoms with Crippen LogP contribution in [0, 0.1) is 32.1 Å². The molecule has 2 aromatic heterocycles. The fourth-order valence-corrected chi connectivity index (χ4v) is 4.60. The van der Waals surface area contributed by atoms with Crippen LogP contribution in [-0.2, 0) is 7.05 Å². The van der Waals surface area contributed by atoms with Crippen molar-refractivity contribution in [1.29, 1.82) is 5.26 Å². The van der Waals surface area contributed by atoms with Crippen molar-refractivity contribution < 1.29 is 9.53 Å². The van der Waals surface area contributed by atoms with E-state index in [2.05, 4.69) is 13.0 Å². The molecule has 4 rings (SSSR count). The normalized spacial score (nSPS) is 11.4. The van der Waals surface area contributed by atoms with E-state index < -0.39 is 0 Å². The zero-order valence-corrected chi connectivity index (χ0v) is 22.5. The molecule has 0 saturated carbocycles. The van der Waals surface area contributed by atoms with E-state index >= 15 is 0 Å². The van der Waals surface area contributed by atoms with Gasteiger partial charge in [0.15, 0.2) is 0 Å². The van der Waals surface area contributed by atoms with Gasteiger partial charge >= 0.3 is 0 Å². The Hall–Kier alpha value is -4.57. The van der Waals surface area contributed by atoms with Gasteiger partial charge in [0, 0.05) is 24.0 Å². The molecular weight excluding hydrogens is 476 g/mol. The van der Waals surface area contributed by atoms with E-state index in [-0.39, 0.29) is 16.9 Å². The third-order valence-corrected chi connectivity index (χ3v) is 6.75. The van der Waals surface area contributed by atoms with Crippen molar-refractivity contribution in [2.45, 2.75) is 40.5 Å². The molecule has 0 fully saturated rings. The lowest BCUT2D eigenvalue weighted by molar-refractivity contribution is 0.103. The van der Waals surface area contributed by atoms with Gasteiger partial charge in [-0.25, -0.2) is 4.68 Å². The lowest BCUT2D eigenvalue weighted by Crippen LogP contribution is -2.22. The predicted octanol–water partition coefficient (Wildman–Crippen LogP) is 5.86. The van der Waals surface area contributed by atoms with E-state index in [1.165, 1.54) is 0 Å². The third-order valence-electron chi connectivity index (χ3n) is 6.75. The van der Waals surface area contributed by atoms with E-state index in [0.29, 0.717) is 23.6 Å². The monoisotopic (exact) mass is 508 g/mol. The lowest BCUT2D eigenvalue weighted by atomic mass is 10.0. The molecule has 2 heterocycles. The number of para-hydroxylation sites is 1. The number of rotatable bonds is 9. The van der Waals surface area contributed by atoms with Gasteiger partial charge in [0.05, 0.1) is 18.0 Å². The van der Waals surface area contributed by atoms with Crippen LogP contribution in [0.2, 0.25) is 0 Å². The number of aromatic nitrogens is 3. The van der Waals surface area contributed by atoms with Gasteiger partial charge in [0.25, 0.3) is 5.56 Å². The average molecular weight is 509 g/mol. The summed E-state index contributed by atoms with van der Waals surface area (Å²) in [4.78, 5) is 27.1. The number of nitrogens with zero attached hydrogens (tertiary/aromatic N) is 4. The van der Waals surface area contributed by atoms with Gasteiger partial charge in [-0.05, 0) is 69.2 Å². The topological polar surface area (TPSA) is 81.9 Å². The maximum absolute atomic E-state index is 13.6. The molecule has 0 N–H and O–H groups in total. The second-order valence-electron chi connectivity index (χ2n) is 9.30. The predicted molar refractivity (Wildman–Crippen MR) is 149 cm³/mol. The first kappa shape index (κ1) is 26.5. The largest absolute Gasteiger partial charge is 0.494 e. The number of ketones is 1. The summed E-state index contributed by atoms with van der Waals surface area (Å²) in [7, 11) is 1.84. The van der Waals surface area contributed by atoms with Crippen molar-refractivity contribution in [2.75, 3.05) is 6.61 Å². The number of ether oxygens (including phenoxy) is 1. The van der Waals surface area contributed by atoms with Gasteiger partial charge in [-0.2, -0.15) is 5.26 Å². The van der Waals surface area contributed by atoms with Crippen LogP contribution in [0.25, 0.3) is 17.5 Å². The standard InChI is InChI=1S/C31H32N4O3/c1-6-7-17-38-27-15-13-24(14-16-27)19-25(20-32)30(36)28-18-21(2)34(22(28)3)29-23(4)33(5)35(31(29)37)26-11-9-8-10-12-26/h8-16,18-19H,6-7,17H2,1-5H3/b25-19-. The van der Waals surface area contributed by atoms with Crippen LogP contribution in [0.3, 0.4) is 0 Å². The molecule has 2 aromatic carbocycles. The number of nitriles is 1. The lowest BCUT2D eigenvalue weighted by Gasteiger charge is -2.08. The van der Waals surface area contributed by atoms with Crippen molar-refractivity contribution >= 4 is 11.9 Å². The van der Waals surface area contributed by atoms with Crippen LogP contribution < -0.4 is 10.3 Å². The van der Waals surface area contributed by atoms with Gasteiger partial charge in [-0.3, -0.25) is 14.3 Å². The van der Waals surface area contributed by atoms with Gasteiger partial charge in [0.2, 0.25) is 5.78 Å². The fourth-order valence-electron chi connectivity index (χ4n) is 4.60. The molecule has 0 amide bonds. The molecule has 0 saturated heterocycles. The second kappa shape index (κ2) is 11.2. The van der Waals surface area contributed by atoms with Crippen LogP contribution >= 0.6 is 0 Å². The number of hydrogen-bond acceptors (Lipinski definition) is 4. The van der Waals surface area contributed by atoms with Gasteiger partial charge in [-0.15, -0.1) is 0 Å². The summed E-state index contributed by atoms with van der Waals surface area (Å²) in [6, 6.07) is 20.6. The van der Waals surface area contributed by atoms with Crippen molar-refractivity contribution in [3.63, 3.8) is 0 Å². The van der Waals surface area contributed by atoms with Gasteiger partial charge in [0.1, 0.15) is 23.1 Å². The van der Waals surface area contributed by atoms with E-state index in [1.54, 1.807) is 23.7 Å². The number of aryl methyl sites for hydroxylation is 1. The molecule has 0 radical (unpaired) electrons. The summed E-state index contributed by atoms with van der Waals surface area (Å²) in [6.45, 7) is 8.30. The molecule has 7 heteroatoms. The molecule has 4 aromatic rings. The Bertz CT molecular complexity index is 1590. The van der Waals surface area contributed by atoms with Crippen molar-refractivity contribution in [2.24, 2.45) is 7.05 Å². The van der Waals surface area contributed by atoms with Crippen molar-refractivity contribution in [3.8, 4) is 23.2 Å². The summed E-state index contributed by atoms with van der Waals surface area (Å²) in [5, 5.41) is 9.83. The van der Waals surface area contributed by atoms with Gasteiger partial charge in [-0.1, -0.05) is 43.7 Å². The molecule has 0 atom stereocenters. The zero-order chi connectivity index (χ0) is 27.4. The first-order valence-corrected chi connectivity index (χ1v) is 12.7. The fraction of sp³-hybridized carbons (Fsp3) is 0.258. The summed E-state index contributed by atoms with van der Waals surface area (Å²) < 4.78 is 10.9. The highest BCUT2D eigenvalue weighted by Gasteiger charge is 2.25. The summed E-state index contributed by atoms with van der Waals surface area (Å²) >= 11 is 0. The molecule has 0 aliphatic heterocycles. The summed E-state index contributed by atoms with van der Waals surface area (Å²) in [6.07, 6.45) is 3.62. The summed E-state index contributed by atoms with van der Waals surface area (Å²) in [5.41, 5.74) is 4.31. The Morgan fingerprint density at radius 2 is 1.71 bits per heavy atom. The number of benzene rings is 2. The molecule has 0 spiro atoms. The number of unbranched alkanes of at least 4 members (excludes halogenated alkanes) is 1. The number of allylic oxidation sites excluding steroid dienone is 1. The first-order chi connectivity index (χ1) is 18.3. The van der Waals surface area contributed by atoms with E-state index in [9.17, 15) is 14.9 Å². The minimum absolute atomic E-state index is 0.0244. The molecule has 0 aliphatic rings. The Balaban J connectivity index is 1.70. The van der Waals surface area contributed by atoms with Crippen LogP contribution in [0.4, 0.5) is 0 Å². The van der Waals surface area contributed by atoms with Crippen molar-refractivity contribution in [3.05, 3.63) is 105 Å². The molecule has 194 valence electrons. The van der Waals surface area contributed by atoms with Crippen LogP contribution in [0.5, 0.6) is 5.75 Å². The molecule has 0 unspecified atom stereocenters. The second-order valence-corrected chi connectivity index (χ2v) is 9.30. The van der Waals surface area contributed by atoms with Crippen LogP contribution in [0.1, 0.15) is 52.8 Å². The number of hydrogen-bond donors (Lipinski definition) is 0. The Labute approximate surface area is 222 Å². The molecule has 0 aliphatic carbocycles. The Morgan fingerprint density at radius 3 is 2.34 bits per heavy atom. The van der Waals surface area contributed by atoms with E-state index in [1.807, 2.05) is 84.7 Å². The van der Waals surface area contributed by atoms with Crippen LogP contribution in [-0.4, -0.2) is 26.3 Å². The quantitative estimate of drug-likeness (QED) is 0.123. The molecule has 7 nitrogen and oxygen atoms in total.